The van der Waals surface area contributed by atoms with Gasteiger partial charge in [-0.3, -0.25) is 14.4 Å². The minimum Gasteiger partial charge on any atom is -0.483 e. The average molecular weight is 475 g/mol. The highest BCUT2D eigenvalue weighted by Gasteiger charge is 2.30. The van der Waals surface area contributed by atoms with E-state index in [9.17, 15) is 23.2 Å². The summed E-state index contributed by atoms with van der Waals surface area (Å²) in [5.41, 5.74) is -0.178. The van der Waals surface area contributed by atoms with Gasteiger partial charge >= 0.3 is 5.56 Å². The zero-order chi connectivity index (χ0) is 24.4. The number of benzene rings is 1. The Hall–Kier alpha value is -3.30. The molecule has 2 heterocycles. The van der Waals surface area contributed by atoms with Crippen LogP contribution in [0.25, 0.3) is 5.69 Å². The van der Waals surface area contributed by atoms with Gasteiger partial charge in [0.15, 0.2) is 0 Å². The summed E-state index contributed by atoms with van der Waals surface area (Å²) < 4.78 is 34.6. The second-order valence-electron chi connectivity index (χ2n) is 9.03. The van der Waals surface area contributed by atoms with Gasteiger partial charge in [-0.1, -0.05) is 13.8 Å². The first-order valence-electron chi connectivity index (χ1n) is 11.6. The molecule has 10 heteroatoms. The van der Waals surface area contributed by atoms with Crippen molar-refractivity contribution in [1.29, 1.82) is 0 Å². The van der Waals surface area contributed by atoms with Gasteiger partial charge in [-0.15, -0.1) is 0 Å². The summed E-state index contributed by atoms with van der Waals surface area (Å²) in [4.78, 5) is 41.2. The number of nitrogens with zero attached hydrogens (tertiary/aromatic N) is 4. The molecule has 1 aliphatic carbocycles. The fraction of sp³-hybridized carbons (Fsp3) is 0.500. The highest BCUT2D eigenvalue weighted by Crippen LogP contribution is 2.30. The summed E-state index contributed by atoms with van der Waals surface area (Å²) in [5.74, 6) is -2.86. The van der Waals surface area contributed by atoms with Crippen molar-refractivity contribution in [2.45, 2.75) is 45.6 Å². The van der Waals surface area contributed by atoms with Gasteiger partial charge in [-0.25, -0.2) is 8.78 Å². The van der Waals surface area contributed by atoms with Crippen LogP contribution in [0.5, 0.6) is 5.75 Å². The number of carbonyl (C=O) groups excluding carboxylic acids is 2. The van der Waals surface area contributed by atoms with Crippen LogP contribution in [0.4, 0.5) is 14.5 Å². The Morgan fingerprint density at radius 3 is 2.24 bits per heavy atom. The number of aromatic nitrogens is 2. The lowest BCUT2D eigenvalue weighted by Crippen LogP contribution is -2.51. The van der Waals surface area contributed by atoms with E-state index >= 15 is 0 Å². The highest BCUT2D eigenvalue weighted by atomic mass is 19.1. The number of carbonyl (C=O) groups is 2. The summed E-state index contributed by atoms with van der Waals surface area (Å²) in [5, 5.41) is 4.16. The van der Waals surface area contributed by atoms with Crippen LogP contribution in [0.2, 0.25) is 0 Å². The quantitative estimate of drug-likeness (QED) is 0.599. The van der Waals surface area contributed by atoms with Gasteiger partial charge in [0.2, 0.25) is 11.5 Å². The Morgan fingerprint density at radius 2 is 1.65 bits per heavy atom. The van der Waals surface area contributed by atoms with Crippen LogP contribution in [-0.2, 0) is 9.59 Å². The number of rotatable bonds is 6. The zero-order valence-corrected chi connectivity index (χ0v) is 19.3. The highest BCUT2D eigenvalue weighted by molar-refractivity contribution is 6.36. The number of hydrogen-bond donors (Lipinski definition) is 0. The van der Waals surface area contributed by atoms with Gasteiger partial charge in [0.05, 0.1) is 18.0 Å². The van der Waals surface area contributed by atoms with Crippen LogP contribution in [-0.4, -0.2) is 58.7 Å². The minimum absolute atomic E-state index is 0.0343. The summed E-state index contributed by atoms with van der Waals surface area (Å²) in [6.07, 6.45) is 4.95. The molecule has 0 N–H and O–H groups in total. The molecule has 2 aliphatic rings. The monoisotopic (exact) mass is 474 g/mol. The van der Waals surface area contributed by atoms with Crippen molar-refractivity contribution in [1.82, 2.24) is 14.7 Å². The van der Waals surface area contributed by atoms with Crippen LogP contribution >= 0.6 is 0 Å². The SMILES string of the molecule is CC(C)C(=O)C(=O)N1CCN(c2cnn(-c3cc(F)cc(F)c3)c(=O)c2OC2CCCC2)CC1. The number of hydrogen-bond acceptors (Lipinski definition) is 6. The number of Topliss-reactive ketones (excluding diaryl/α,β-unsaturated/α-hetero) is 1. The predicted molar refractivity (Wildman–Crippen MR) is 121 cm³/mol. The maximum Gasteiger partial charge on any atom is 0.316 e. The molecule has 0 spiro atoms. The van der Waals surface area contributed by atoms with Gasteiger partial charge in [-0.2, -0.15) is 9.78 Å². The van der Waals surface area contributed by atoms with Crippen LogP contribution < -0.4 is 15.2 Å². The molecule has 34 heavy (non-hydrogen) atoms. The van der Waals surface area contributed by atoms with Gasteiger partial charge in [0.25, 0.3) is 5.91 Å². The molecular formula is C24H28F2N4O4. The van der Waals surface area contributed by atoms with E-state index < -0.39 is 28.9 Å². The molecule has 2 aromatic rings. The first-order valence-corrected chi connectivity index (χ1v) is 11.6. The molecule has 1 amide bonds. The molecule has 1 saturated carbocycles. The van der Waals surface area contributed by atoms with Crippen molar-refractivity contribution in [2.75, 3.05) is 31.1 Å². The van der Waals surface area contributed by atoms with Gasteiger partial charge < -0.3 is 14.5 Å². The van der Waals surface area contributed by atoms with E-state index in [1.807, 2.05) is 4.90 Å². The Morgan fingerprint density at radius 1 is 1.03 bits per heavy atom. The van der Waals surface area contributed by atoms with Crippen LogP contribution in [0.15, 0.2) is 29.2 Å². The van der Waals surface area contributed by atoms with Gasteiger partial charge in [0.1, 0.15) is 17.3 Å². The number of ether oxygens (including phenoxy) is 1. The molecule has 0 radical (unpaired) electrons. The second-order valence-corrected chi connectivity index (χ2v) is 9.03. The topological polar surface area (TPSA) is 84.7 Å². The maximum atomic E-state index is 13.8. The van der Waals surface area contributed by atoms with E-state index in [-0.39, 0.29) is 23.5 Å². The molecule has 1 aliphatic heterocycles. The lowest BCUT2D eigenvalue weighted by Gasteiger charge is -2.36. The smallest absolute Gasteiger partial charge is 0.316 e. The molecule has 4 rings (SSSR count). The van der Waals surface area contributed by atoms with E-state index in [2.05, 4.69) is 5.10 Å². The number of halogens is 2. The maximum absolute atomic E-state index is 13.8. The fourth-order valence-electron chi connectivity index (χ4n) is 4.34. The van der Waals surface area contributed by atoms with Crippen molar-refractivity contribution >= 4 is 17.4 Å². The normalized spacial score (nSPS) is 16.9. The van der Waals surface area contributed by atoms with E-state index in [1.54, 1.807) is 13.8 Å². The molecule has 1 saturated heterocycles. The number of piperazine rings is 1. The summed E-state index contributed by atoms with van der Waals surface area (Å²) in [7, 11) is 0. The molecule has 8 nitrogen and oxygen atoms in total. The van der Waals surface area contributed by atoms with E-state index in [0.717, 1.165) is 48.6 Å². The van der Waals surface area contributed by atoms with Crippen molar-refractivity contribution in [3.8, 4) is 11.4 Å². The molecule has 1 aromatic carbocycles. The van der Waals surface area contributed by atoms with Crippen LogP contribution in [0.1, 0.15) is 39.5 Å². The van der Waals surface area contributed by atoms with Crippen molar-refractivity contribution < 1.29 is 23.1 Å². The first-order chi connectivity index (χ1) is 16.2. The Kier molecular flexibility index (Phi) is 6.95. The average Bonchev–Trinajstić information content (AvgIpc) is 3.32. The summed E-state index contributed by atoms with van der Waals surface area (Å²) in [6.45, 7) is 4.79. The third kappa shape index (κ3) is 4.95. The minimum atomic E-state index is -0.817. The van der Waals surface area contributed by atoms with Crippen LogP contribution in [0.3, 0.4) is 0 Å². The number of ketones is 1. The first kappa shape index (κ1) is 23.8. The molecule has 1 aromatic heterocycles. The number of amides is 1. The standard InChI is InChI=1S/C24H28F2N4O4/c1-15(2)21(31)23(32)29-9-7-28(8-10-29)20-14-27-30(18-12-16(25)11-17(26)13-18)24(33)22(20)34-19-5-3-4-6-19/h11-15,19H,3-10H2,1-2H3. The third-order valence-corrected chi connectivity index (χ3v) is 6.24. The van der Waals surface area contributed by atoms with E-state index in [1.165, 1.54) is 11.1 Å². The molecule has 0 atom stereocenters. The van der Waals surface area contributed by atoms with E-state index in [4.69, 9.17) is 4.74 Å². The molecule has 2 fully saturated rings. The second kappa shape index (κ2) is 9.90. The Balaban J connectivity index is 1.63. The van der Waals surface area contributed by atoms with Gasteiger partial charge in [-0.05, 0) is 37.8 Å². The van der Waals surface area contributed by atoms with Crippen molar-refractivity contribution in [3.05, 3.63) is 46.4 Å². The molecule has 0 unspecified atom stereocenters. The predicted octanol–water partition coefficient (Wildman–Crippen LogP) is 2.71. The van der Waals surface area contributed by atoms with Gasteiger partial charge in [0, 0.05) is 38.2 Å². The summed E-state index contributed by atoms with van der Waals surface area (Å²) in [6, 6.07) is 2.79. The Labute approximate surface area is 196 Å². The van der Waals surface area contributed by atoms with Crippen molar-refractivity contribution in [3.63, 3.8) is 0 Å². The van der Waals surface area contributed by atoms with Crippen LogP contribution in [0, 0.1) is 17.6 Å². The third-order valence-electron chi connectivity index (χ3n) is 6.24. The van der Waals surface area contributed by atoms with E-state index in [0.29, 0.717) is 31.9 Å². The molecule has 0 bridgehead atoms. The Bertz CT molecular complexity index is 1120. The lowest BCUT2D eigenvalue weighted by atomic mass is 10.1. The number of anilines is 1. The fourth-order valence-corrected chi connectivity index (χ4v) is 4.34. The van der Waals surface area contributed by atoms with Crippen molar-refractivity contribution in [2.24, 2.45) is 5.92 Å². The largest absolute Gasteiger partial charge is 0.483 e. The molecule has 182 valence electrons. The zero-order valence-electron chi connectivity index (χ0n) is 19.3. The lowest BCUT2D eigenvalue weighted by molar-refractivity contribution is -0.146. The molecular weight excluding hydrogens is 446 g/mol. The summed E-state index contributed by atoms with van der Waals surface area (Å²) >= 11 is 0.